The number of ether oxygens (including phenoxy) is 1. The maximum atomic E-state index is 6.20. The fraction of sp³-hybridized carbons (Fsp3) is 0.609. The molecule has 2 fully saturated rings. The Morgan fingerprint density at radius 3 is 2.61 bits per heavy atom. The van der Waals surface area contributed by atoms with Crippen molar-refractivity contribution in [3.8, 4) is 5.75 Å². The molecule has 0 radical (unpaired) electrons. The number of likely N-dealkylation sites (tertiary alicyclic amines) is 1. The summed E-state index contributed by atoms with van der Waals surface area (Å²) in [6, 6.07) is 7.99. The number of piperazine rings is 1. The average Bonchev–Trinajstić information content (AvgIpc) is 3.19. The van der Waals surface area contributed by atoms with Crippen molar-refractivity contribution in [3.63, 3.8) is 0 Å². The summed E-state index contributed by atoms with van der Waals surface area (Å²) in [6.07, 6.45) is 4.50. The Hall–Kier alpha value is -2.43. The van der Waals surface area contributed by atoms with Crippen LogP contribution in [0.1, 0.15) is 37.3 Å². The van der Waals surface area contributed by atoms with Crippen molar-refractivity contribution in [2.45, 2.75) is 38.3 Å². The summed E-state index contributed by atoms with van der Waals surface area (Å²) in [4.78, 5) is 11.7. The van der Waals surface area contributed by atoms with Crippen LogP contribution in [0.5, 0.6) is 5.75 Å². The lowest BCUT2D eigenvalue weighted by Crippen LogP contribution is -2.45. The van der Waals surface area contributed by atoms with Crippen molar-refractivity contribution < 1.29 is 4.74 Å². The number of hydrogen-bond acceptors (Lipinski definition) is 8. The van der Waals surface area contributed by atoms with Crippen LogP contribution in [-0.2, 0) is 6.54 Å². The Bertz CT molecular complexity index is 921. The monoisotopic (exact) mass is 472 g/mol. The van der Waals surface area contributed by atoms with Gasteiger partial charge in [0.05, 0.1) is 11.6 Å². The first-order chi connectivity index (χ1) is 16.0. The van der Waals surface area contributed by atoms with Crippen molar-refractivity contribution in [1.29, 1.82) is 0 Å². The molecule has 0 spiro atoms. The van der Waals surface area contributed by atoms with E-state index in [0.29, 0.717) is 29.9 Å². The fourth-order valence-electron chi connectivity index (χ4n) is 4.48. The number of nitrogens with zero attached hydrogens (tertiary/aromatic N) is 6. The minimum Gasteiger partial charge on any atom is -0.493 e. The van der Waals surface area contributed by atoms with Gasteiger partial charge >= 0.3 is 0 Å². The van der Waals surface area contributed by atoms with Crippen molar-refractivity contribution in [2.75, 3.05) is 63.6 Å². The molecule has 0 bridgehead atoms. The van der Waals surface area contributed by atoms with Crippen LogP contribution in [0.4, 0.5) is 11.9 Å². The molecule has 1 unspecified atom stereocenters. The number of piperidine rings is 1. The molecule has 33 heavy (non-hydrogen) atoms. The molecule has 2 aliphatic rings. The third kappa shape index (κ3) is 6.33. The zero-order valence-corrected chi connectivity index (χ0v) is 20.3. The fourth-order valence-corrected chi connectivity index (χ4v) is 4.69. The second-order valence-corrected chi connectivity index (χ2v) is 9.52. The van der Waals surface area contributed by atoms with Crippen LogP contribution in [0.2, 0.25) is 0 Å². The number of nitrogen functional groups attached to an aromatic ring is 1. The standard InChI is InChI=1S/C23H36N8OS/c1-28-11-13-30(14-12-28)23-26-22(25)31(27-23)20(21(24)33)8-15-32-19-7-5-6-18(16-19)17-29-9-3-2-4-10-29/h5-7,16,20H,2-4,8-15,17H2,1H3,(H2,24,33)(H2,25,26,27). The molecule has 1 atom stereocenters. The molecule has 180 valence electrons. The van der Waals surface area contributed by atoms with Gasteiger partial charge in [-0.15, -0.1) is 5.10 Å². The highest BCUT2D eigenvalue weighted by atomic mass is 32.1. The minimum atomic E-state index is -0.342. The van der Waals surface area contributed by atoms with E-state index in [0.717, 1.165) is 38.5 Å². The van der Waals surface area contributed by atoms with Gasteiger partial charge in [-0.05, 0) is 50.7 Å². The summed E-state index contributed by atoms with van der Waals surface area (Å²) in [6.45, 7) is 7.46. The van der Waals surface area contributed by atoms with Gasteiger partial charge < -0.3 is 26.0 Å². The molecule has 1 aromatic carbocycles. The summed E-state index contributed by atoms with van der Waals surface area (Å²) in [5.74, 6) is 1.81. The summed E-state index contributed by atoms with van der Waals surface area (Å²) in [5, 5.41) is 4.64. The smallest absolute Gasteiger partial charge is 0.246 e. The molecule has 3 heterocycles. The molecule has 4 rings (SSSR count). The molecule has 9 nitrogen and oxygen atoms in total. The van der Waals surface area contributed by atoms with E-state index in [1.54, 1.807) is 4.68 Å². The van der Waals surface area contributed by atoms with E-state index in [1.807, 2.05) is 6.07 Å². The number of hydrogen-bond donors (Lipinski definition) is 2. The quantitative estimate of drug-likeness (QED) is 0.530. The number of aromatic nitrogens is 3. The third-order valence-electron chi connectivity index (χ3n) is 6.47. The van der Waals surface area contributed by atoms with Crippen LogP contribution >= 0.6 is 12.2 Å². The zero-order valence-electron chi connectivity index (χ0n) is 19.5. The van der Waals surface area contributed by atoms with Gasteiger partial charge in [-0.3, -0.25) is 4.90 Å². The Balaban J connectivity index is 1.35. The van der Waals surface area contributed by atoms with Crippen LogP contribution in [0.25, 0.3) is 0 Å². The minimum absolute atomic E-state index is 0.324. The van der Waals surface area contributed by atoms with E-state index in [4.69, 9.17) is 28.4 Å². The largest absolute Gasteiger partial charge is 0.493 e. The van der Waals surface area contributed by atoms with Gasteiger partial charge in [0.2, 0.25) is 11.9 Å². The Kier molecular flexibility index (Phi) is 8.00. The molecule has 1 aromatic heterocycles. The molecule has 4 N–H and O–H groups in total. The normalized spacial score (nSPS) is 18.9. The molecule has 2 aromatic rings. The van der Waals surface area contributed by atoms with Gasteiger partial charge in [0, 0.05) is 39.1 Å². The first kappa shape index (κ1) is 23.7. The summed E-state index contributed by atoms with van der Waals surface area (Å²) >= 11 is 5.33. The first-order valence-electron chi connectivity index (χ1n) is 11.9. The Labute approximate surface area is 201 Å². The van der Waals surface area contributed by atoms with Crippen molar-refractivity contribution in [2.24, 2.45) is 5.73 Å². The molecule has 0 amide bonds. The second kappa shape index (κ2) is 11.1. The van der Waals surface area contributed by atoms with Gasteiger partial charge in [-0.1, -0.05) is 30.8 Å². The van der Waals surface area contributed by atoms with Gasteiger partial charge in [-0.25, -0.2) is 4.68 Å². The third-order valence-corrected chi connectivity index (χ3v) is 6.74. The van der Waals surface area contributed by atoms with Crippen LogP contribution in [0.15, 0.2) is 24.3 Å². The predicted molar refractivity (Wildman–Crippen MR) is 136 cm³/mol. The van der Waals surface area contributed by atoms with Gasteiger partial charge in [0.15, 0.2) is 0 Å². The van der Waals surface area contributed by atoms with E-state index in [-0.39, 0.29) is 6.04 Å². The predicted octanol–water partition coefficient (Wildman–Crippen LogP) is 1.89. The summed E-state index contributed by atoms with van der Waals surface area (Å²) < 4.78 is 7.71. The first-order valence-corrected chi connectivity index (χ1v) is 12.3. The second-order valence-electron chi connectivity index (χ2n) is 9.04. The van der Waals surface area contributed by atoms with Crippen LogP contribution in [0.3, 0.4) is 0 Å². The highest BCUT2D eigenvalue weighted by molar-refractivity contribution is 7.80. The Morgan fingerprint density at radius 2 is 1.88 bits per heavy atom. The summed E-state index contributed by atoms with van der Waals surface area (Å²) in [5.41, 5.74) is 13.5. The zero-order chi connectivity index (χ0) is 23.2. The lowest BCUT2D eigenvalue weighted by molar-refractivity contribution is 0.220. The number of likely N-dealkylation sites (N-methyl/N-ethyl adjacent to an activating group) is 1. The maximum absolute atomic E-state index is 6.20. The van der Waals surface area contributed by atoms with Crippen LogP contribution in [-0.4, -0.2) is 82.5 Å². The lowest BCUT2D eigenvalue weighted by atomic mass is 10.1. The van der Waals surface area contributed by atoms with Crippen molar-refractivity contribution >= 4 is 29.1 Å². The number of benzene rings is 1. The van der Waals surface area contributed by atoms with Gasteiger partial charge in [-0.2, -0.15) is 4.98 Å². The van der Waals surface area contributed by atoms with E-state index >= 15 is 0 Å². The number of thiocarbonyl (C=S) groups is 1. The lowest BCUT2D eigenvalue weighted by Gasteiger charge is -2.31. The molecule has 2 aliphatic heterocycles. The number of rotatable bonds is 9. The molecular formula is C23H36N8OS. The van der Waals surface area contributed by atoms with Gasteiger partial charge in [0.25, 0.3) is 0 Å². The van der Waals surface area contributed by atoms with Crippen molar-refractivity contribution in [1.82, 2.24) is 24.6 Å². The van der Waals surface area contributed by atoms with Crippen LogP contribution in [0, 0.1) is 0 Å². The molecular weight excluding hydrogens is 436 g/mol. The highest BCUT2D eigenvalue weighted by Crippen LogP contribution is 2.22. The number of anilines is 2. The van der Waals surface area contributed by atoms with Crippen molar-refractivity contribution in [3.05, 3.63) is 29.8 Å². The molecule has 10 heteroatoms. The average molecular weight is 473 g/mol. The molecule has 0 saturated carbocycles. The van der Waals surface area contributed by atoms with E-state index in [9.17, 15) is 0 Å². The topological polar surface area (TPSA) is 102 Å². The number of nitrogens with two attached hydrogens (primary N) is 2. The molecule has 2 saturated heterocycles. The highest BCUT2D eigenvalue weighted by Gasteiger charge is 2.24. The SMILES string of the molecule is CN1CCN(c2nc(N)n(C(CCOc3cccc(CN4CCCCC4)c3)C(N)=S)n2)CC1. The van der Waals surface area contributed by atoms with E-state index < -0.39 is 0 Å². The van der Waals surface area contributed by atoms with E-state index in [2.05, 4.69) is 50.0 Å². The van der Waals surface area contributed by atoms with E-state index in [1.165, 1.54) is 37.9 Å². The van der Waals surface area contributed by atoms with Gasteiger partial charge in [0.1, 0.15) is 11.8 Å². The van der Waals surface area contributed by atoms with Crippen LogP contribution < -0.4 is 21.1 Å². The Morgan fingerprint density at radius 1 is 1.12 bits per heavy atom. The maximum Gasteiger partial charge on any atom is 0.246 e. The molecule has 0 aliphatic carbocycles. The summed E-state index contributed by atoms with van der Waals surface area (Å²) in [7, 11) is 2.12.